The highest BCUT2D eigenvalue weighted by Gasteiger charge is 2.33. The highest BCUT2D eigenvalue weighted by Crippen LogP contribution is 2.34. The maximum atomic E-state index is 13.9. The molecule has 0 aliphatic carbocycles. The normalized spacial score (nSPS) is 11.3. The zero-order valence-electron chi connectivity index (χ0n) is 19.3. The number of benzene rings is 3. The van der Waals surface area contributed by atoms with Crippen LogP contribution in [0.5, 0.6) is 0 Å². The smallest absolute Gasteiger partial charge is 0.345 e. The second-order valence-electron chi connectivity index (χ2n) is 7.75. The Balaban J connectivity index is 1.52. The molecule has 0 fully saturated rings. The second kappa shape index (κ2) is 11.4. The number of hydrogen-bond acceptors (Lipinski definition) is 5. The molecule has 3 aromatic carbocycles. The summed E-state index contributed by atoms with van der Waals surface area (Å²) >= 11 is 0.870. The lowest BCUT2D eigenvalue weighted by Gasteiger charge is -2.14. The molecular formula is C25H18F5N5O2S. The van der Waals surface area contributed by atoms with Crippen LogP contribution in [0, 0.1) is 11.6 Å². The molecule has 0 atom stereocenters. The zero-order valence-corrected chi connectivity index (χ0v) is 20.1. The zero-order chi connectivity index (χ0) is 27.3. The van der Waals surface area contributed by atoms with Crippen LogP contribution in [-0.2, 0) is 17.5 Å². The lowest BCUT2D eigenvalue weighted by atomic mass is 10.1. The lowest BCUT2D eigenvalue weighted by Crippen LogP contribution is -2.25. The van der Waals surface area contributed by atoms with E-state index in [1.54, 1.807) is 0 Å². The number of aromatic nitrogens is 3. The number of thioether (sulfide) groups is 1. The summed E-state index contributed by atoms with van der Waals surface area (Å²) in [6.45, 7) is -0.191. The van der Waals surface area contributed by atoms with Gasteiger partial charge in [0.2, 0.25) is 5.91 Å². The maximum Gasteiger partial charge on any atom is 0.418 e. The van der Waals surface area contributed by atoms with E-state index in [1.165, 1.54) is 59.2 Å². The third-order valence-corrected chi connectivity index (χ3v) is 6.08. The minimum Gasteiger partial charge on any atom is -0.345 e. The highest BCUT2D eigenvalue weighted by atomic mass is 32.2. The second-order valence-corrected chi connectivity index (χ2v) is 8.70. The first-order valence-electron chi connectivity index (χ1n) is 11.0. The van der Waals surface area contributed by atoms with Crippen LogP contribution < -0.4 is 10.6 Å². The van der Waals surface area contributed by atoms with Gasteiger partial charge in [0.05, 0.1) is 29.1 Å². The summed E-state index contributed by atoms with van der Waals surface area (Å²) in [7, 11) is 0. The topological polar surface area (TPSA) is 88.9 Å². The van der Waals surface area contributed by atoms with E-state index in [0.29, 0.717) is 5.69 Å². The van der Waals surface area contributed by atoms with Crippen LogP contribution in [-0.4, -0.2) is 32.3 Å². The van der Waals surface area contributed by atoms with Crippen LogP contribution in [0.15, 0.2) is 78.0 Å². The molecule has 0 spiro atoms. The summed E-state index contributed by atoms with van der Waals surface area (Å²) in [5.74, 6) is -2.78. The predicted octanol–water partition coefficient (Wildman–Crippen LogP) is 5.23. The van der Waals surface area contributed by atoms with E-state index < -0.39 is 35.2 Å². The molecule has 4 rings (SSSR count). The Hall–Kier alpha value is -4.26. The van der Waals surface area contributed by atoms with Crippen molar-refractivity contribution >= 4 is 29.3 Å². The fourth-order valence-electron chi connectivity index (χ4n) is 3.41. The Kier molecular flexibility index (Phi) is 8.05. The monoisotopic (exact) mass is 547 g/mol. The summed E-state index contributed by atoms with van der Waals surface area (Å²) in [6, 6.07) is 15.2. The number of anilines is 1. The first-order valence-corrected chi connectivity index (χ1v) is 11.9. The molecule has 7 nitrogen and oxygen atoms in total. The van der Waals surface area contributed by atoms with Crippen LogP contribution in [0.2, 0.25) is 0 Å². The van der Waals surface area contributed by atoms with Gasteiger partial charge in [-0.25, -0.2) is 8.78 Å². The van der Waals surface area contributed by atoms with Gasteiger partial charge in [0.25, 0.3) is 5.91 Å². The minimum absolute atomic E-state index is 0.158. The van der Waals surface area contributed by atoms with Crippen molar-refractivity contribution in [3.8, 4) is 5.69 Å². The average Bonchev–Trinajstić information content (AvgIpc) is 3.29. The number of rotatable bonds is 8. The van der Waals surface area contributed by atoms with Gasteiger partial charge in [-0.2, -0.15) is 13.2 Å². The molecule has 13 heteroatoms. The highest BCUT2D eigenvalue weighted by molar-refractivity contribution is 7.99. The van der Waals surface area contributed by atoms with Gasteiger partial charge >= 0.3 is 6.18 Å². The molecule has 2 N–H and O–H groups in total. The van der Waals surface area contributed by atoms with Gasteiger partial charge in [-0.3, -0.25) is 14.2 Å². The molecule has 0 aliphatic rings. The number of para-hydroxylation sites is 1. The van der Waals surface area contributed by atoms with Crippen LogP contribution in [0.1, 0.15) is 21.7 Å². The molecule has 0 bridgehead atoms. The van der Waals surface area contributed by atoms with Gasteiger partial charge < -0.3 is 10.6 Å². The van der Waals surface area contributed by atoms with Crippen molar-refractivity contribution in [3.05, 3.63) is 101 Å². The quantitative estimate of drug-likeness (QED) is 0.233. The average molecular weight is 548 g/mol. The molecule has 0 saturated carbocycles. The van der Waals surface area contributed by atoms with E-state index in [1.807, 2.05) is 0 Å². The predicted molar refractivity (Wildman–Crippen MR) is 130 cm³/mol. The van der Waals surface area contributed by atoms with Crippen molar-refractivity contribution in [2.75, 3.05) is 11.1 Å². The third kappa shape index (κ3) is 6.35. The standard InChI is InChI=1S/C25H18F5N5O2S/c26-15-9-11-16(12-10-15)35-21(13-31-23(37)17-5-1-3-7-19(17)27)33-34-24(35)38-14-22(36)32-20-8-4-2-6-18(20)25(28,29)30/h1-12H,13-14H2,(H,31,37)(H,32,36). The molecule has 0 aliphatic heterocycles. The number of halogens is 5. The molecule has 1 heterocycles. The van der Waals surface area contributed by atoms with Crippen molar-refractivity contribution in [2.45, 2.75) is 17.9 Å². The maximum absolute atomic E-state index is 13.9. The van der Waals surface area contributed by atoms with Crippen LogP contribution >= 0.6 is 11.8 Å². The molecule has 196 valence electrons. The molecule has 0 unspecified atom stereocenters. The lowest BCUT2D eigenvalue weighted by molar-refractivity contribution is -0.137. The Labute approximate surface area is 217 Å². The fraction of sp³-hybridized carbons (Fsp3) is 0.120. The van der Waals surface area contributed by atoms with Gasteiger partial charge in [-0.15, -0.1) is 10.2 Å². The van der Waals surface area contributed by atoms with Gasteiger partial charge in [-0.05, 0) is 48.5 Å². The number of carbonyl (C=O) groups excluding carboxylic acids is 2. The van der Waals surface area contributed by atoms with Gasteiger partial charge in [0.1, 0.15) is 11.6 Å². The SMILES string of the molecule is O=C(CSc1nnc(CNC(=O)c2ccccc2F)n1-c1ccc(F)cc1)Nc1ccccc1C(F)(F)F. The fourth-order valence-corrected chi connectivity index (χ4v) is 4.18. The Morgan fingerprint density at radius 1 is 0.895 bits per heavy atom. The first-order chi connectivity index (χ1) is 18.1. The first kappa shape index (κ1) is 26.8. The Morgan fingerprint density at radius 2 is 1.58 bits per heavy atom. The summed E-state index contributed by atoms with van der Waals surface area (Å²) < 4.78 is 68.6. The third-order valence-electron chi connectivity index (χ3n) is 5.15. The molecule has 38 heavy (non-hydrogen) atoms. The van der Waals surface area contributed by atoms with Crippen molar-refractivity contribution in [1.29, 1.82) is 0 Å². The summed E-state index contributed by atoms with van der Waals surface area (Å²) in [4.78, 5) is 24.9. The molecule has 4 aromatic rings. The number of carbonyl (C=O) groups is 2. The van der Waals surface area contributed by atoms with E-state index in [0.717, 1.165) is 30.0 Å². The molecule has 0 radical (unpaired) electrons. The van der Waals surface area contributed by atoms with Crippen LogP contribution in [0.25, 0.3) is 5.69 Å². The van der Waals surface area contributed by atoms with Gasteiger partial charge in [-0.1, -0.05) is 36.0 Å². The Bertz CT molecular complexity index is 1460. The minimum atomic E-state index is -4.65. The van der Waals surface area contributed by atoms with E-state index in [2.05, 4.69) is 20.8 Å². The number of hydrogen-bond donors (Lipinski definition) is 2. The number of alkyl halides is 3. The van der Waals surface area contributed by atoms with Crippen molar-refractivity contribution < 1.29 is 31.5 Å². The van der Waals surface area contributed by atoms with Crippen LogP contribution in [0.3, 0.4) is 0 Å². The number of amides is 2. The summed E-state index contributed by atoms with van der Waals surface area (Å²) in [5, 5.41) is 13.0. The summed E-state index contributed by atoms with van der Waals surface area (Å²) in [5.41, 5.74) is -1.15. The van der Waals surface area contributed by atoms with Crippen molar-refractivity contribution in [2.24, 2.45) is 0 Å². The van der Waals surface area contributed by atoms with E-state index in [-0.39, 0.29) is 34.5 Å². The van der Waals surface area contributed by atoms with Crippen LogP contribution in [0.4, 0.5) is 27.6 Å². The summed E-state index contributed by atoms with van der Waals surface area (Å²) in [6.07, 6.45) is -4.65. The molecule has 2 amide bonds. The van der Waals surface area contributed by atoms with E-state index in [4.69, 9.17) is 0 Å². The van der Waals surface area contributed by atoms with Gasteiger partial charge in [0.15, 0.2) is 11.0 Å². The molecule has 1 aromatic heterocycles. The van der Waals surface area contributed by atoms with E-state index in [9.17, 15) is 31.5 Å². The van der Waals surface area contributed by atoms with Crippen molar-refractivity contribution in [3.63, 3.8) is 0 Å². The largest absolute Gasteiger partial charge is 0.418 e. The Morgan fingerprint density at radius 3 is 2.29 bits per heavy atom. The molecule has 0 saturated heterocycles. The van der Waals surface area contributed by atoms with E-state index >= 15 is 0 Å². The van der Waals surface area contributed by atoms with Crippen molar-refractivity contribution in [1.82, 2.24) is 20.1 Å². The molecular weight excluding hydrogens is 529 g/mol. The number of nitrogens with zero attached hydrogens (tertiary/aromatic N) is 3. The number of nitrogens with one attached hydrogen (secondary N) is 2. The van der Waals surface area contributed by atoms with Gasteiger partial charge in [0, 0.05) is 5.69 Å².